The van der Waals surface area contributed by atoms with Crippen LogP contribution in [0.3, 0.4) is 0 Å². The minimum Gasteiger partial charge on any atom is -0.550 e. The van der Waals surface area contributed by atoms with Gasteiger partial charge in [-0.3, -0.25) is 0 Å². The molecule has 2 heteroatoms. The Morgan fingerprint density at radius 2 is 2.67 bits per heavy atom. The maximum Gasteiger partial charge on any atom is 0.0439 e. The average molecular weight is 89.1 g/mol. The molecule has 0 aromatic heterocycles. The lowest BCUT2D eigenvalue weighted by molar-refractivity contribution is -0.310. The molecular weight excluding hydrogens is 80.0 g/mol. The van der Waals surface area contributed by atoms with Crippen LogP contribution in [0.2, 0.25) is 0 Å². The highest BCUT2D eigenvalue weighted by atomic mass is 16.4. The number of aliphatic carboxylic acids is 1. The molecule has 1 unspecified atom stereocenters. The third-order valence-electron chi connectivity index (χ3n) is 0.402. The fraction of sp³-hybridized carbons (Fsp3) is 0.750. The smallest absolute Gasteiger partial charge is 0.0439 e. The van der Waals surface area contributed by atoms with Crippen molar-refractivity contribution in [1.29, 1.82) is 0 Å². The van der Waals surface area contributed by atoms with E-state index in [1.807, 2.05) is 0 Å². The molecule has 36 valence electrons. The number of carboxylic acid groups (broad SMARTS) is 1. The number of hydrogen-bond donors (Lipinski definition) is 0. The predicted molar refractivity (Wildman–Crippen MR) is 19.8 cm³/mol. The van der Waals surface area contributed by atoms with Crippen molar-refractivity contribution in [3.63, 3.8) is 0 Å². The van der Waals surface area contributed by atoms with Gasteiger partial charge >= 0.3 is 0 Å². The van der Waals surface area contributed by atoms with E-state index in [0.717, 1.165) is 0 Å². The quantitative estimate of drug-likeness (QED) is 0.430. The third-order valence-corrected chi connectivity index (χ3v) is 0.402. The molecule has 6 heavy (non-hydrogen) atoms. The standard InChI is InChI=1S/C4H8O2/c1-3(2)4(5)6/h3H,1-2H3,(H,5,6)/p-1/i1T. The van der Waals surface area contributed by atoms with Gasteiger partial charge in [0.15, 0.2) is 0 Å². The van der Waals surface area contributed by atoms with Crippen LogP contribution in [0.15, 0.2) is 0 Å². The molecule has 0 bridgehead atoms. The summed E-state index contributed by atoms with van der Waals surface area (Å²) in [6.45, 7) is 1.35. The Balaban J connectivity index is 3.34. The van der Waals surface area contributed by atoms with Crippen molar-refractivity contribution in [2.45, 2.75) is 13.8 Å². The molecule has 0 aliphatic rings. The summed E-state index contributed by atoms with van der Waals surface area (Å²) < 4.78 is 6.52. The van der Waals surface area contributed by atoms with Crippen LogP contribution in [0.1, 0.15) is 15.2 Å². The van der Waals surface area contributed by atoms with Gasteiger partial charge < -0.3 is 9.90 Å². The van der Waals surface area contributed by atoms with Gasteiger partial charge in [-0.05, 0) is 5.92 Å². The fourth-order valence-electron chi connectivity index (χ4n) is 0. The van der Waals surface area contributed by atoms with Gasteiger partial charge in [0, 0.05) is 7.34 Å². The Morgan fingerprint density at radius 1 is 2.17 bits per heavy atom. The van der Waals surface area contributed by atoms with E-state index >= 15 is 0 Å². The van der Waals surface area contributed by atoms with E-state index in [1.54, 1.807) is 0 Å². The van der Waals surface area contributed by atoms with Gasteiger partial charge in [0.05, 0.1) is 0 Å². The summed E-state index contributed by atoms with van der Waals surface area (Å²) in [5.74, 6) is -1.77. The molecule has 1 atom stereocenters. The van der Waals surface area contributed by atoms with Crippen molar-refractivity contribution in [2.75, 3.05) is 0 Å². The first-order chi connectivity index (χ1) is 3.18. The lowest BCUT2D eigenvalue weighted by Crippen LogP contribution is -2.27. The Labute approximate surface area is 38.2 Å². The van der Waals surface area contributed by atoms with E-state index < -0.39 is 11.9 Å². The highest BCUT2D eigenvalue weighted by Gasteiger charge is 1.87. The zero-order chi connectivity index (χ0) is 5.86. The van der Waals surface area contributed by atoms with Crippen molar-refractivity contribution in [3.05, 3.63) is 0 Å². The van der Waals surface area contributed by atoms with Crippen molar-refractivity contribution in [2.24, 2.45) is 5.92 Å². The summed E-state index contributed by atoms with van der Waals surface area (Å²) in [5.41, 5.74) is 0. The summed E-state index contributed by atoms with van der Waals surface area (Å²) in [7, 11) is 0. The largest absolute Gasteiger partial charge is 0.550 e. The molecule has 0 saturated carbocycles. The topological polar surface area (TPSA) is 40.1 Å². The zero-order valence-corrected chi connectivity index (χ0v) is 3.60. The van der Waals surface area contributed by atoms with Crippen LogP contribution < -0.4 is 5.11 Å². The maximum atomic E-state index is 9.70. The fourth-order valence-corrected chi connectivity index (χ4v) is 0. The van der Waals surface area contributed by atoms with E-state index in [-0.39, 0.29) is 6.90 Å². The predicted octanol–water partition coefficient (Wildman–Crippen LogP) is -0.608. The van der Waals surface area contributed by atoms with Crippen molar-refractivity contribution in [1.82, 2.24) is 0 Å². The molecule has 0 radical (unpaired) electrons. The first-order valence-corrected chi connectivity index (χ1v) is 1.68. The van der Waals surface area contributed by atoms with Crippen molar-refractivity contribution in [3.8, 4) is 0 Å². The van der Waals surface area contributed by atoms with E-state index in [2.05, 4.69) is 0 Å². The van der Waals surface area contributed by atoms with Crippen LogP contribution in [0.25, 0.3) is 0 Å². The van der Waals surface area contributed by atoms with Gasteiger partial charge in [0.25, 0.3) is 0 Å². The van der Waals surface area contributed by atoms with E-state index in [9.17, 15) is 9.90 Å². The third kappa shape index (κ3) is 1.76. The molecule has 0 aliphatic heterocycles. The monoisotopic (exact) mass is 89.1 g/mol. The summed E-state index contributed by atoms with van der Waals surface area (Å²) >= 11 is 0. The van der Waals surface area contributed by atoms with Gasteiger partial charge in [-0.25, -0.2) is 0 Å². The average Bonchev–Trinajstić information content (AvgIpc) is 1.65. The Hall–Kier alpha value is -0.530. The normalized spacial score (nSPS) is 15.8. The first-order valence-electron chi connectivity index (χ1n) is 2.39. The molecule has 2 nitrogen and oxygen atoms in total. The lowest BCUT2D eigenvalue weighted by atomic mass is 10.2. The number of carboxylic acids is 1. The van der Waals surface area contributed by atoms with E-state index in [1.165, 1.54) is 6.92 Å². The van der Waals surface area contributed by atoms with Crippen molar-refractivity contribution >= 4 is 5.97 Å². The van der Waals surface area contributed by atoms with Gasteiger partial charge in [-0.1, -0.05) is 13.8 Å². The first kappa shape index (κ1) is 3.65. The molecule has 0 spiro atoms. The Bertz CT molecular complexity index is 72.1. The van der Waals surface area contributed by atoms with E-state index in [0.29, 0.717) is 0 Å². The molecule has 0 saturated heterocycles. The number of rotatable bonds is 1. The van der Waals surface area contributed by atoms with Crippen LogP contribution in [-0.4, -0.2) is 5.97 Å². The summed E-state index contributed by atoms with van der Waals surface area (Å²) in [5, 5.41) is 9.70. The van der Waals surface area contributed by atoms with Crippen LogP contribution in [0, 0.1) is 5.92 Å². The summed E-state index contributed by atoms with van der Waals surface area (Å²) in [6.07, 6.45) is 0. The Morgan fingerprint density at radius 3 is 2.67 bits per heavy atom. The van der Waals surface area contributed by atoms with Crippen LogP contribution in [0.4, 0.5) is 0 Å². The van der Waals surface area contributed by atoms with Crippen LogP contribution in [0.5, 0.6) is 0 Å². The molecule has 0 N–H and O–H groups in total. The number of carbonyl (C=O) groups excluding carboxylic acids is 1. The second-order valence-electron chi connectivity index (χ2n) is 1.22. The number of hydrogen-bond acceptors (Lipinski definition) is 2. The molecule has 0 fully saturated rings. The highest BCUT2D eigenvalue weighted by Crippen LogP contribution is 1.83. The Kier molecular flexibility index (Phi) is 1.10. The van der Waals surface area contributed by atoms with Gasteiger partial charge in [-0.2, -0.15) is 0 Å². The second-order valence-corrected chi connectivity index (χ2v) is 1.22. The molecule has 0 amide bonds. The maximum absolute atomic E-state index is 9.70. The molecule has 0 aromatic carbocycles. The zero-order valence-electron chi connectivity index (χ0n) is 4.60. The highest BCUT2D eigenvalue weighted by molar-refractivity contribution is 5.66. The number of carbonyl (C=O) groups is 1. The SMILES string of the molecule is [3H]CC(C)C(=O)[O-]. The van der Waals surface area contributed by atoms with Crippen LogP contribution >= 0.6 is 0 Å². The molecular formula is C4H7O2-. The molecule has 0 heterocycles. The molecule has 0 rings (SSSR count). The summed E-state index contributed by atoms with van der Waals surface area (Å²) in [4.78, 5) is 9.70. The lowest BCUT2D eigenvalue weighted by Gasteiger charge is -2.01. The van der Waals surface area contributed by atoms with Crippen LogP contribution in [-0.2, 0) is 4.79 Å². The molecule has 0 aromatic rings. The molecule has 0 aliphatic carbocycles. The van der Waals surface area contributed by atoms with Gasteiger partial charge in [0.1, 0.15) is 0 Å². The van der Waals surface area contributed by atoms with E-state index in [4.69, 9.17) is 1.37 Å². The van der Waals surface area contributed by atoms with Gasteiger partial charge in [0.2, 0.25) is 0 Å². The minimum absolute atomic E-state index is 0.0949. The van der Waals surface area contributed by atoms with Crippen molar-refractivity contribution < 1.29 is 11.3 Å². The summed E-state index contributed by atoms with van der Waals surface area (Å²) in [6, 6.07) is 0. The van der Waals surface area contributed by atoms with Gasteiger partial charge in [-0.15, -0.1) is 0 Å². The second kappa shape index (κ2) is 1.80. The minimum atomic E-state index is -1.14.